The number of halogens is 1. The highest BCUT2D eigenvalue weighted by Crippen LogP contribution is 2.36. The molecule has 2 N–H and O–H groups in total. The zero-order valence-corrected chi connectivity index (χ0v) is 19.3. The minimum atomic E-state index is -3.55. The van der Waals surface area contributed by atoms with E-state index in [2.05, 4.69) is 10.3 Å². The number of anilines is 2. The standard InChI is InChI=1S/C21H26FN3O7S/c1-13(2)30-21(27)32-25-10-7-14(8-11-25)31-18-6-9-23-20(19(18)26)24-17-5-4-15(12-16(17)22)33(3,28)29/h4-6,9,12-14,26H,7-8,10-11H2,1-3H3,(H,23,24). The summed E-state index contributed by atoms with van der Waals surface area (Å²) in [5, 5.41) is 14.7. The molecule has 0 aliphatic carbocycles. The third-order valence-corrected chi connectivity index (χ3v) is 5.85. The lowest BCUT2D eigenvalue weighted by Gasteiger charge is -2.30. The minimum Gasteiger partial charge on any atom is -0.502 e. The van der Waals surface area contributed by atoms with Gasteiger partial charge in [-0.3, -0.25) is 0 Å². The van der Waals surface area contributed by atoms with Crippen molar-refractivity contribution in [1.82, 2.24) is 10.0 Å². The topological polar surface area (TPSA) is 127 Å². The number of pyridine rings is 1. The van der Waals surface area contributed by atoms with Crippen molar-refractivity contribution in [3.8, 4) is 11.5 Å². The van der Waals surface area contributed by atoms with Crippen LogP contribution < -0.4 is 10.1 Å². The predicted molar refractivity (Wildman–Crippen MR) is 117 cm³/mol. The van der Waals surface area contributed by atoms with Gasteiger partial charge in [0.15, 0.2) is 21.4 Å². The van der Waals surface area contributed by atoms with Crippen molar-refractivity contribution in [1.29, 1.82) is 0 Å². The van der Waals surface area contributed by atoms with Crippen molar-refractivity contribution >= 4 is 27.5 Å². The molecule has 10 nitrogen and oxygen atoms in total. The number of rotatable bonds is 7. The fourth-order valence-corrected chi connectivity index (χ4v) is 3.75. The number of piperidine rings is 1. The van der Waals surface area contributed by atoms with Crippen LogP contribution in [-0.2, 0) is 19.4 Å². The molecule has 2 heterocycles. The van der Waals surface area contributed by atoms with E-state index in [0.717, 1.165) is 12.3 Å². The van der Waals surface area contributed by atoms with Crippen molar-refractivity contribution < 1.29 is 37.0 Å². The molecule has 2 aromatic rings. The van der Waals surface area contributed by atoms with Gasteiger partial charge in [-0.25, -0.2) is 22.6 Å². The Morgan fingerprint density at radius 1 is 1.27 bits per heavy atom. The van der Waals surface area contributed by atoms with Crippen molar-refractivity contribution in [2.45, 2.75) is 43.8 Å². The molecule has 0 bridgehead atoms. The first kappa shape index (κ1) is 24.5. The van der Waals surface area contributed by atoms with Crippen molar-refractivity contribution in [2.24, 2.45) is 0 Å². The lowest BCUT2D eigenvalue weighted by molar-refractivity contribution is -0.151. The zero-order chi connectivity index (χ0) is 24.2. The van der Waals surface area contributed by atoms with Gasteiger partial charge in [-0.05, 0) is 32.0 Å². The molecule has 1 aliphatic heterocycles. The number of sulfone groups is 1. The van der Waals surface area contributed by atoms with Crippen LogP contribution in [0.5, 0.6) is 11.5 Å². The van der Waals surface area contributed by atoms with Crippen LogP contribution in [0, 0.1) is 5.82 Å². The molecule has 0 radical (unpaired) electrons. The number of hydroxylamine groups is 2. The Kier molecular flexibility index (Phi) is 7.59. The lowest BCUT2D eigenvalue weighted by Crippen LogP contribution is -2.39. The van der Waals surface area contributed by atoms with Crippen LogP contribution in [0.2, 0.25) is 0 Å². The lowest BCUT2D eigenvalue weighted by atomic mass is 10.1. The van der Waals surface area contributed by atoms with E-state index in [4.69, 9.17) is 14.3 Å². The number of carbonyl (C=O) groups is 1. The van der Waals surface area contributed by atoms with Gasteiger partial charge in [0.05, 0.1) is 16.7 Å². The zero-order valence-electron chi connectivity index (χ0n) is 18.4. The molecule has 0 atom stereocenters. The number of carbonyl (C=O) groups excluding carboxylic acids is 1. The number of aromatic nitrogens is 1. The maximum Gasteiger partial charge on any atom is 0.528 e. The number of aromatic hydroxyl groups is 1. The third kappa shape index (κ3) is 6.68. The van der Waals surface area contributed by atoms with E-state index >= 15 is 0 Å². The van der Waals surface area contributed by atoms with Gasteiger partial charge in [-0.15, -0.1) is 5.06 Å². The number of ether oxygens (including phenoxy) is 2. The van der Waals surface area contributed by atoms with Crippen molar-refractivity contribution in [3.05, 3.63) is 36.3 Å². The summed E-state index contributed by atoms with van der Waals surface area (Å²) in [7, 11) is -3.55. The molecule has 1 fully saturated rings. The second-order valence-electron chi connectivity index (χ2n) is 7.80. The summed E-state index contributed by atoms with van der Waals surface area (Å²) in [6, 6.07) is 4.87. The number of hydrogen-bond acceptors (Lipinski definition) is 10. The SMILES string of the molecule is CC(C)OC(=O)ON1CCC(Oc2ccnc(Nc3ccc(S(C)(=O)=O)cc3F)c2O)CC1. The van der Waals surface area contributed by atoms with Gasteiger partial charge in [0.25, 0.3) is 0 Å². The number of nitrogens with zero attached hydrogens (tertiary/aromatic N) is 2. The van der Waals surface area contributed by atoms with Gasteiger partial charge in [0.2, 0.25) is 5.75 Å². The Hall–Kier alpha value is -3.12. The van der Waals surface area contributed by atoms with E-state index in [9.17, 15) is 22.7 Å². The molecule has 33 heavy (non-hydrogen) atoms. The molecule has 1 aliphatic rings. The van der Waals surface area contributed by atoms with Gasteiger partial charge >= 0.3 is 6.16 Å². The van der Waals surface area contributed by atoms with Crippen LogP contribution in [0.15, 0.2) is 35.4 Å². The first-order valence-corrected chi connectivity index (χ1v) is 12.2. The van der Waals surface area contributed by atoms with E-state index < -0.39 is 21.8 Å². The summed E-state index contributed by atoms with van der Waals surface area (Å²) in [5.41, 5.74) is -0.0545. The molecular formula is C21H26FN3O7S. The molecule has 0 amide bonds. The smallest absolute Gasteiger partial charge is 0.502 e. The molecule has 0 unspecified atom stereocenters. The summed E-state index contributed by atoms with van der Waals surface area (Å²) in [5.74, 6) is -1.02. The maximum absolute atomic E-state index is 14.4. The summed E-state index contributed by atoms with van der Waals surface area (Å²) >= 11 is 0. The van der Waals surface area contributed by atoms with Crippen LogP contribution in [-0.4, -0.2) is 61.3 Å². The van der Waals surface area contributed by atoms with Crippen molar-refractivity contribution in [2.75, 3.05) is 24.7 Å². The Labute approximate surface area is 191 Å². The quantitative estimate of drug-likeness (QED) is 0.566. The van der Waals surface area contributed by atoms with E-state index in [1.165, 1.54) is 29.5 Å². The number of nitrogens with one attached hydrogen (secondary N) is 1. The fraction of sp³-hybridized carbons (Fsp3) is 0.429. The normalized spacial score (nSPS) is 15.3. The van der Waals surface area contributed by atoms with Crippen LogP contribution in [0.1, 0.15) is 26.7 Å². The van der Waals surface area contributed by atoms with Crippen LogP contribution in [0.4, 0.5) is 20.7 Å². The Morgan fingerprint density at radius 3 is 2.58 bits per heavy atom. The predicted octanol–water partition coefficient (Wildman–Crippen LogP) is 3.39. The summed E-state index contributed by atoms with van der Waals surface area (Å²) in [6.45, 7) is 4.30. The van der Waals surface area contributed by atoms with E-state index in [1.807, 2.05) is 0 Å². The third-order valence-electron chi connectivity index (χ3n) is 4.74. The summed E-state index contributed by atoms with van der Waals surface area (Å²) < 4.78 is 48.3. The first-order chi connectivity index (χ1) is 15.5. The Bertz CT molecular complexity index is 1100. The average molecular weight is 484 g/mol. The molecule has 0 saturated carbocycles. The van der Waals surface area contributed by atoms with Gasteiger partial charge in [-0.2, -0.15) is 0 Å². The summed E-state index contributed by atoms with van der Waals surface area (Å²) in [4.78, 5) is 20.6. The monoisotopic (exact) mass is 483 g/mol. The fourth-order valence-electron chi connectivity index (χ4n) is 3.12. The van der Waals surface area contributed by atoms with Crippen LogP contribution in [0.3, 0.4) is 0 Å². The molecule has 180 valence electrons. The largest absolute Gasteiger partial charge is 0.528 e. The molecule has 1 saturated heterocycles. The van der Waals surface area contributed by atoms with E-state index in [1.54, 1.807) is 13.8 Å². The van der Waals surface area contributed by atoms with E-state index in [0.29, 0.717) is 25.9 Å². The maximum atomic E-state index is 14.4. The Morgan fingerprint density at radius 2 is 1.97 bits per heavy atom. The molecule has 0 spiro atoms. The molecular weight excluding hydrogens is 457 g/mol. The van der Waals surface area contributed by atoms with Gasteiger partial charge in [0.1, 0.15) is 11.9 Å². The van der Waals surface area contributed by atoms with Gasteiger partial charge < -0.3 is 24.7 Å². The molecule has 12 heteroatoms. The van der Waals surface area contributed by atoms with Gasteiger partial charge in [-0.1, -0.05) is 0 Å². The first-order valence-electron chi connectivity index (χ1n) is 10.3. The summed E-state index contributed by atoms with van der Waals surface area (Å²) in [6.07, 6.45) is 2.14. The average Bonchev–Trinajstić information content (AvgIpc) is 2.72. The minimum absolute atomic E-state index is 0.0456. The number of benzene rings is 1. The second kappa shape index (κ2) is 10.2. The second-order valence-corrected chi connectivity index (χ2v) is 9.81. The van der Waals surface area contributed by atoms with Crippen molar-refractivity contribution in [3.63, 3.8) is 0 Å². The van der Waals surface area contributed by atoms with Crippen LogP contribution >= 0.6 is 0 Å². The van der Waals surface area contributed by atoms with Gasteiger partial charge in [0, 0.05) is 44.5 Å². The van der Waals surface area contributed by atoms with E-state index in [-0.39, 0.29) is 40.1 Å². The Balaban J connectivity index is 1.62. The highest BCUT2D eigenvalue weighted by atomic mass is 32.2. The molecule has 3 rings (SSSR count). The van der Waals surface area contributed by atoms with Crippen LogP contribution in [0.25, 0.3) is 0 Å². The highest BCUT2D eigenvalue weighted by Gasteiger charge is 2.25. The highest BCUT2D eigenvalue weighted by molar-refractivity contribution is 7.90. The molecule has 1 aromatic heterocycles. The number of hydrogen-bond donors (Lipinski definition) is 2. The molecule has 1 aromatic carbocycles.